The van der Waals surface area contributed by atoms with E-state index in [1.165, 1.54) is 22.8 Å². The topological polar surface area (TPSA) is 119 Å². The fourth-order valence-corrected chi connectivity index (χ4v) is 4.46. The maximum atomic E-state index is 13.6. The third kappa shape index (κ3) is 4.36. The molecule has 2 amide bonds. The molecule has 2 N–H and O–H groups in total. The van der Waals surface area contributed by atoms with Crippen molar-refractivity contribution in [1.82, 2.24) is 20.0 Å². The third-order valence-electron chi connectivity index (χ3n) is 6.75. The number of nitrogens with one attached hydrogen (secondary N) is 2. The minimum absolute atomic E-state index is 0.0907. The number of rotatable bonds is 7. The van der Waals surface area contributed by atoms with E-state index in [2.05, 4.69) is 20.8 Å². The molecule has 35 heavy (non-hydrogen) atoms. The van der Waals surface area contributed by atoms with Crippen molar-refractivity contribution in [1.29, 1.82) is 0 Å². The smallest absolute Gasteiger partial charge is 0.294 e. The number of halogens is 1. The minimum Gasteiger partial charge on any atom is -0.344 e. The van der Waals surface area contributed by atoms with Gasteiger partial charge in [-0.05, 0) is 75.8 Å². The lowest BCUT2D eigenvalue weighted by atomic mass is 9.94. The van der Waals surface area contributed by atoms with Crippen LogP contribution in [-0.4, -0.2) is 32.3 Å². The van der Waals surface area contributed by atoms with E-state index in [1.54, 1.807) is 41.7 Å². The SMILES string of the molecule is Cc1nc(C(C)(NC(=O)C(=O)c2c(C)c(C(=O)Nc3ccc(F)c(C)c3)c(C)n2C)C2CC2)no1. The molecule has 0 radical (unpaired) electrons. The molecule has 2 aromatic heterocycles. The first-order valence-electron chi connectivity index (χ1n) is 11.3. The summed E-state index contributed by atoms with van der Waals surface area (Å²) in [4.78, 5) is 43.8. The van der Waals surface area contributed by atoms with Crippen LogP contribution in [0, 0.1) is 39.4 Å². The van der Waals surface area contributed by atoms with Gasteiger partial charge < -0.3 is 19.7 Å². The second kappa shape index (κ2) is 8.75. The van der Waals surface area contributed by atoms with Gasteiger partial charge in [0.1, 0.15) is 11.4 Å². The van der Waals surface area contributed by atoms with E-state index >= 15 is 0 Å². The zero-order chi connectivity index (χ0) is 25.7. The average Bonchev–Trinajstić information content (AvgIpc) is 3.52. The monoisotopic (exact) mass is 481 g/mol. The predicted molar refractivity (Wildman–Crippen MR) is 126 cm³/mol. The van der Waals surface area contributed by atoms with Crippen LogP contribution in [0.1, 0.15) is 69.1 Å². The molecule has 0 saturated heterocycles. The summed E-state index contributed by atoms with van der Waals surface area (Å²) in [6, 6.07) is 4.27. The molecule has 1 saturated carbocycles. The molecule has 0 spiro atoms. The Morgan fingerprint density at radius 1 is 1.17 bits per heavy atom. The van der Waals surface area contributed by atoms with E-state index in [4.69, 9.17) is 4.52 Å². The van der Waals surface area contributed by atoms with Crippen molar-refractivity contribution in [3.8, 4) is 0 Å². The van der Waals surface area contributed by atoms with E-state index in [9.17, 15) is 18.8 Å². The van der Waals surface area contributed by atoms with Gasteiger partial charge in [-0.25, -0.2) is 4.39 Å². The first-order chi connectivity index (χ1) is 16.4. The first-order valence-corrected chi connectivity index (χ1v) is 11.3. The number of aryl methyl sites for hydroxylation is 2. The maximum absolute atomic E-state index is 13.6. The molecule has 1 aliphatic carbocycles. The molecular weight excluding hydrogens is 453 g/mol. The standard InChI is InChI=1S/C25H28FN5O4/c1-12-11-17(9-10-18(12)26)28-22(33)19-13(2)20(31(6)14(19)3)21(32)23(34)29-25(5,16-7-8-16)24-27-15(4)35-30-24/h9-11,16H,7-8H2,1-6H3,(H,28,33)(H,29,34). The van der Waals surface area contributed by atoms with Crippen LogP contribution < -0.4 is 10.6 Å². The average molecular weight is 482 g/mol. The molecule has 0 aliphatic heterocycles. The maximum Gasteiger partial charge on any atom is 0.294 e. The predicted octanol–water partition coefficient (Wildman–Crippen LogP) is 3.66. The van der Waals surface area contributed by atoms with Gasteiger partial charge in [0, 0.05) is 25.4 Å². The van der Waals surface area contributed by atoms with Crippen molar-refractivity contribution in [2.24, 2.45) is 13.0 Å². The number of hydrogen-bond donors (Lipinski definition) is 2. The minimum atomic E-state index is -0.945. The molecule has 1 unspecified atom stereocenters. The number of anilines is 1. The summed E-state index contributed by atoms with van der Waals surface area (Å²) in [5.41, 5.74) is 1.18. The van der Waals surface area contributed by atoms with Crippen LogP contribution in [0.2, 0.25) is 0 Å². The van der Waals surface area contributed by atoms with Crippen LogP contribution in [0.15, 0.2) is 22.7 Å². The normalized spacial score (nSPS) is 14.9. The van der Waals surface area contributed by atoms with Crippen molar-refractivity contribution in [2.75, 3.05) is 5.32 Å². The number of amides is 2. The van der Waals surface area contributed by atoms with Crippen molar-refractivity contribution in [2.45, 2.75) is 53.0 Å². The van der Waals surface area contributed by atoms with E-state index < -0.39 is 23.1 Å². The third-order valence-corrected chi connectivity index (χ3v) is 6.75. The summed E-state index contributed by atoms with van der Waals surface area (Å²) in [5, 5.41) is 9.54. The molecule has 1 atom stereocenters. The molecule has 2 heterocycles. The van der Waals surface area contributed by atoms with Crippen LogP contribution in [-0.2, 0) is 17.4 Å². The second-order valence-electron chi connectivity index (χ2n) is 9.31. The van der Waals surface area contributed by atoms with Gasteiger partial charge in [0.05, 0.1) is 11.3 Å². The molecule has 1 fully saturated rings. The highest BCUT2D eigenvalue weighted by Crippen LogP contribution is 2.44. The number of carbonyl (C=O) groups is 3. The van der Waals surface area contributed by atoms with Crippen LogP contribution in [0.3, 0.4) is 0 Å². The Hall–Kier alpha value is -3.82. The number of nitrogens with zero attached hydrogens (tertiary/aromatic N) is 3. The van der Waals surface area contributed by atoms with Crippen LogP contribution >= 0.6 is 0 Å². The Balaban J connectivity index is 1.60. The number of benzene rings is 1. The van der Waals surface area contributed by atoms with Gasteiger partial charge in [-0.1, -0.05) is 5.16 Å². The number of carbonyl (C=O) groups excluding carboxylic acids is 3. The van der Waals surface area contributed by atoms with Gasteiger partial charge in [0.2, 0.25) is 5.89 Å². The van der Waals surface area contributed by atoms with Crippen molar-refractivity contribution in [3.63, 3.8) is 0 Å². The molecule has 3 aromatic rings. The van der Waals surface area contributed by atoms with E-state index in [-0.39, 0.29) is 23.0 Å². The fraction of sp³-hybridized carbons (Fsp3) is 0.400. The summed E-state index contributed by atoms with van der Waals surface area (Å²) in [6.07, 6.45) is 1.74. The van der Waals surface area contributed by atoms with Gasteiger partial charge in [0.15, 0.2) is 5.82 Å². The van der Waals surface area contributed by atoms with Gasteiger partial charge in [-0.15, -0.1) is 0 Å². The molecule has 9 nitrogen and oxygen atoms in total. The van der Waals surface area contributed by atoms with E-state index in [0.717, 1.165) is 12.8 Å². The largest absolute Gasteiger partial charge is 0.344 e. The molecule has 184 valence electrons. The zero-order valence-corrected chi connectivity index (χ0v) is 20.6. The van der Waals surface area contributed by atoms with Gasteiger partial charge in [-0.2, -0.15) is 4.98 Å². The summed E-state index contributed by atoms with van der Waals surface area (Å²) < 4.78 is 20.2. The molecule has 10 heteroatoms. The van der Waals surface area contributed by atoms with Crippen LogP contribution in [0.25, 0.3) is 0 Å². The fourth-order valence-electron chi connectivity index (χ4n) is 4.46. The Morgan fingerprint density at radius 2 is 1.86 bits per heavy atom. The summed E-state index contributed by atoms with van der Waals surface area (Å²) in [5.74, 6) is -1.62. The number of Topliss-reactive ketones (excluding diaryl/α,β-unsaturated/α-hetero) is 1. The Morgan fingerprint density at radius 3 is 2.43 bits per heavy atom. The molecule has 1 aromatic carbocycles. The van der Waals surface area contributed by atoms with Crippen LogP contribution in [0.4, 0.5) is 10.1 Å². The summed E-state index contributed by atoms with van der Waals surface area (Å²) in [7, 11) is 1.63. The lowest BCUT2D eigenvalue weighted by molar-refractivity contribution is -0.119. The van der Waals surface area contributed by atoms with Crippen molar-refractivity contribution < 1.29 is 23.3 Å². The zero-order valence-electron chi connectivity index (χ0n) is 20.6. The highest BCUT2D eigenvalue weighted by Gasteiger charge is 2.48. The summed E-state index contributed by atoms with van der Waals surface area (Å²) >= 11 is 0. The molecule has 1 aliphatic rings. The Kier molecular flexibility index (Phi) is 6.08. The van der Waals surface area contributed by atoms with E-state index in [0.29, 0.717) is 34.2 Å². The second-order valence-corrected chi connectivity index (χ2v) is 9.31. The van der Waals surface area contributed by atoms with Gasteiger partial charge in [0.25, 0.3) is 17.6 Å². The highest BCUT2D eigenvalue weighted by atomic mass is 19.1. The van der Waals surface area contributed by atoms with Crippen molar-refractivity contribution >= 4 is 23.3 Å². The van der Waals surface area contributed by atoms with Crippen molar-refractivity contribution in [3.05, 3.63) is 63.8 Å². The summed E-state index contributed by atoms with van der Waals surface area (Å²) in [6.45, 7) is 8.37. The lowest BCUT2D eigenvalue weighted by Crippen LogP contribution is -2.49. The molecule has 0 bridgehead atoms. The Labute approximate surface area is 202 Å². The van der Waals surface area contributed by atoms with Crippen LogP contribution in [0.5, 0.6) is 0 Å². The molecule has 4 rings (SSSR count). The van der Waals surface area contributed by atoms with Gasteiger partial charge >= 0.3 is 0 Å². The number of aromatic nitrogens is 3. The van der Waals surface area contributed by atoms with Gasteiger partial charge in [-0.3, -0.25) is 14.4 Å². The number of hydrogen-bond acceptors (Lipinski definition) is 6. The lowest BCUT2D eigenvalue weighted by Gasteiger charge is -2.27. The number of ketones is 1. The highest BCUT2D eigenvalue weighted by molar-refractivity contribution is 6.43. The Bertz CT molecular complexity index is 1350. The molecular formula is C25H28FN5O4. The first kappa shape index (κ1) is 24.3. The van der Waals surface area contributed by atoms with E-state index in [1.807, 2.05) is 0 Å². The quantitative estimate of drug-likeness (QED) is 0.393.